The summed E-state index contributed by atoms with van der Waals surface area (Å²) in [4.78, 5) is 14.6. The van der Waals surface area contributed by atoms with Gasteiger partial charge < -0.3 is 18.9 Å². The van der Waals surface area contributed by atoms with E-state index in [1.165, 1.54) is 0 Å². The van der Waals surface area contributed by atoms with E-state index in [1.54, 1.807) is 18.3 Å². The number of hydrogen-bond donors (Lipinski definition) is 0. The van der Waals surface area contributed by atoms with Crippen LogP contribution in [0.4, 0.5) is 0 Å². The summed E-state index contributed by atoms with van der Waals surface area (Å²) in [5.41, 5.74) is 1.09. The second kappa shape index (κ2) is 7.65. The molecule has 2 heterocycles. The van der Waals surface area contributed by atoms with E-state index in [0.29, 0.717) is 13.0 Å². The van der Waals surface area contributed by atoms with Gasteiger partial charge in [0.05, 0.1) is 12.1 Å². The van der Waals surface area contributed by atoms with E-state index in [4.69, 9.17) is 9.47 Å². The number of methoxy groups -OCH3 is 1. The number of rotatable bonds is 6. The predicted molar refractivity (Wildman–Crippen MR) is 92.2 cm³/mol. The van der Waals surface area contributed by atoms with Crippen molar-refractivity contribution >= 4 is 5.91 Å². The first-order chi connectivity index (χ1) is 12.1. The molecule has 1 aliphatic heterocycles. The number of carbonyl (C=O) groups excluding carboxylic acids is 1. The van der Waals surface area contributed by atoms with Gasteiger partial charge in [-0.2, -0.15) is 0 Å². The van der Waals surface area contributed by atoms with Crippen LogP contribution in [0.15, 0.2) is 30.6 Å². The lowest BCUT2D eigenvalue weighted by atomic mass is 10.1. The standard InChI is InChI=1S/C18H24N4O3/c1-4-13-7-5-6-8-16(13)25-11-17(23)22-10-14(24-3)9-15(22)18-20-19-12-21(18)2/h5-8,12,14-15H,4,9-11H2,1-3H3/t14-,15+/m1/s1. The Labute approximate surface area is 147 Å². The third-order valence-electron chi connectivity index (χ3n) is 4.67. The first-order valence-corrected chi connectivity index (χ1v) is 8.50. The van der Waals surface area contributed by atoms with E-state index < -0.39 is 0 Å². The zero-order valence-corrected chi connectivity index (χ0v) is 14.9. The number of ether oxygens (including phenoxy) is 2. The molecule has 134 valence electrons. The number of aromatic nitrogens is 3. The first-order valence-electron chi connectivity index (χ1n) is 8.50. The summed E-state index contributed by atoms with van der Waals surface area (Å²) >= 11 is 0. The van der Waals surface area contributed by atoms with Crippen molar-refractivity contribution in [3.8, 4) is 5.75 Å². The number of hydrogen-bond acceptors (Lipinski definition) is 5. The van der Waals surface area contributed by atoms with Crippen molar-refractivity contribution in [2.45, 2.75) is 31.9 Å². The number of para-hydroxylation sites is 1. The van der Waals surface area contributed by atoms with Crippen LogP contribution in [0.5, 0.6) is 5.75 Å². The lowest BCUT2D eigenvalue weighted by Gasteiger charge is -2.23. The van der Waals surface area contributed by atoms with E-state index in [0.717, 1.165) is 23.6 Å². The molecule has 0 radical (unpaired) electrons. The quantitative estimate of drug-likeness (QED) is 0.798. The molecule has 2 aromatic rings. The fraction of sp³-hybridized carbons (Fsp3) is 0.500. The SMILES string of the molecule is CCc1ccccc1OCC(=O)N1C[C@H](OC)C[C@H]1c1nncn1C. The van der Waals surface area contributed by atoms with Crippen LogP contribution in [-0.4, -0.2) is 51.9 Å². The molecule has 0 bridgehead atoms. The second-order valence-corrected chi connectivity index (χ2v) is 6.21. The van der Waals surface area contributed by atoms with E-state index >= 15 is 0 Å². The van der Waals surface area contributed by atoms with Gasteiger partial charge in [0.1, 0.15) is 12.1 Å². The lowest BCUT2D eigenvalue weighted by Crippen LogP contribution is -2.36. The fourth-order valence-electron chi connectivity index (χ4n) is 3.24. The minimum absolute atomic E-state index is 0.00178. The monoisotopic (exact) mass is 344 g/mol. The van der Waals surface area contributed by atoms with Crippen LogP contribution in [0.3, 0.4) is 0 Å². The molecule has 0 unspecified atom stereocenters. The second-order valence-electron chi connectivity index (χ2n) is 6.21. The largest absolute Gasteiger partial charge is 0.483 e. The third-order valence-corrected chi connectivity index (χ3v) is 4.67. The molecule has 1 fully saturated rings. The summed E-state index contributed by atoms with van der Waals surface area (Å²) in [6, 6.07) is 7.65. The van der Waals surface area contributed by atoms with Gasteiger partial charge in [-0.3, -0.25) is 4.79 Å². The van der Waals surface area contributed by atoms with E-state index in [1.807, 2.05) is 35.9 Å². The van der Waals surface area contributed by atoms with Gasteiger partial charge in [-0.05, 0) is 18.1 Å². The zero-order chi connectivity index (χ0) is 17.8. The van der Waals surface area contributed by atoms with Crippen molar-refractivity contribution in [2.75, 3.05) is 20.3 Å². The average Bonchev–Trinajstić information content (AvgIpc) is 3.25. The highest BCUT2D eigenvalue weighted by Gasteiger charge is 2.38. The molecular formula is C18H24N4O3. The highest BCUT2D eigenvalue weighted by atomic mass is 16.5. The molecule has 0 N–H and O–H groups in total. The predicted octanol–water partition coefficient (Wildman–Crippen LogP) is 1.74. The number of benzene rings is 1. The Morgan fingerprint density at radius 2 is 2.16 bits per heavy atom. The number of aryl methyl sites for hydroxylation is 2. The Hall–Kier alpha value is -2.41. The van der Waals surface area contributed by atoms with Crippen molar-refractivity contribution in [3.63, 3.8) is 0 Å². The molecule has 1 aliphatic rings. The Morgan fingerprint density at radius 3 is 2.84 bits per heavy atom. The van der Waals surface area contributed by atoms with Crippen LogP contribution in [-0.2, 0) is 23.0 Å². The molecule has 1 saturated heterocycles. The molecular weight excluding hydrogens is 320 g/mol. The summed E-state index contributed by atoms with van der Waals surface area (Å²) in [7, 11) is 3.55. The van der Waals surface area contributed by atoms with Crippen LogP contribution in [0.25, 0.3) is 0 Å². The Bertz CT molecular complexity index is 731. The fourth-order valence-corrected chi connectivity index (χ4v) is 3.24. The van der Waals surface area contributed by atoms with E-state index in [2.05, 4.69) is 17.1 Å². The van der Waals surface area contributed by atoms with Crippen LogP contribution in [0.2, 0.25) is 0 Å². The number of carbonyl (C=O) groups is 1. The number of amides is 1. The molecule has 7 nitrogen and oxygen atoms in total. The maximum absolute atomic E-state index is 12.8. The van der Waals surface area contributed by atoms with Crippen molar-refractivity contribution < 1.29 is 14.3 Å². The molecule has 7 heteroatoms. The topological polar surface area (TPSA) is 69.5 Å². The molecule has 0 spiro atoms. The van der Waals surface area contributed by atoms with Crippen molar-refractivity contribution in [3.05, 3.63) is 42.0 Å². The maximum Gasteiger partial charge on any atom is 0.261 e. The zero-order valence-electron chi connectivity index (χ0n) is 14.9. The summed E-state index contributed by atoms with van der Waals surface area (Å²) in [5.74, 6) is 1.45. The molecule has 2 atom stereocenters. The maximum atomic E-state index is 12.8. The van der Waals surface area contributed by atoms with Gasteiger partial charge in [0.2, 0.25) is 0 Å². The smallest absolute Gasteiger partial charge is 0.261 e. The Kier molecular flexibility index (Phi) is 5.33. The molecule has 1 amide bonds. The Balaban J connectivity index is 1.72. The van der Waals surface area contributed by atoms with E-state index in [-0.39, 0.29) is 24.7 Å². The summed E-state index contributed by atoms with van der Waals surface area (Å²) in [6.07, 6.45) is 3.21. The number of nitrogens with zero attached hydrogens (tertiary/aromatic N) is 4. The lowest BCUT2D eigenvalue weighted by molar-refractivity contribution is -0.134. The molecule has 0 aliphatic carbocycles. The molecule has 25 heavy (non-hydrogen) atoms. The molecule has 0 saturated carbocycles. The van der Waals surface area contributed by atoms with Crippen molar-refractivity contribution in [1.82, 2.24) is 19.7 Å². The third kappa shape index (κ3) is 3.66. The van der Waals surface area contributed by atoms with Crippen LogP contribution < -0.4 is 4.74 Å². The van der Waals surface area contributed by atoms with Gasteiger partial charge in [0, 0.05) is 27.1 Å². The van der Waals surface area contributed by atoms with Crippen LogP contribution >= 0.6 is 0 Å². The van der Waals surface area contributed by atoms with Crippen LogP contribution in [0, 0.1) is 0 Å². The highest BCUT2D eigenvalue weighted by molar-refractivity contribution is 5.78. The highest BCUT2D eigenvalue weighted by Crippen LogP contribution is 2.32. The van der Waals surface area contributed by atoms with Gasteiger partial charge in [0.25, 0.3) is 5.91 Å². The van der Waals surface area contributed by atoms with Gasteiger partial charge in [-0.1, -0.05) is 25.1 Å². The summed E-state index contributed by atoms with van der Waals surface area (Å²) < 4.78 is 13.1. The molecule has 3 rings (SSSR count). The first kappa shape index (κ1) is 17.4. The van der Waals surface area contributed by atoms with Gasteiger partial charge >= 0.3 is 0 Å². The average molecular weight is 344 g/mol. The van der Waals surface area contributed by atoms with Crippen LogP contribution in [0.1, 0.15) is 30.8 Å². The Morgan fingerprint density at radius 1 is 1.36 bits per heavy atom. The summed E-state index contributed by atoms with van der Waals surface area (Å²) in [6.45, 7) is 2.60. The van der Waals surface area contributed by atoms with Crippen molar-refractivity contribution in [2.24, 2.45) is 7.05 Å². The van der Waals surface area contributed by atoms with E-state index in [9.17, 15) is 4.79 Å². The van der Waals surface area contributed by atoms with Crippen molar-refractivity contribution in [1.29, 1.82) is 0 Å². The number of likely N-dealkylation sites (tertiary alicyclic amines) is 1. The molecule has 1 aromatic carbocycles. The minimum atomic E-state index is -0.144. The normalized spacial score (nSPS) is 20.0. The van der Waals surface area contributed by atoms with Gasteiger partial charge in [-0.15, -0.1) is 10.2 Å². The summed E-state index contributed by atoms with van der Waals surface area (Å²) in [5, 5.41) is 8.10. The van der Waals surface area contributed by atoms with Gasteiger partial charge in [-0.25, -0.2) is 0 Å². The molecule has 1 aromatic heterocycles. The minimum Gasteiger partial charge on any atom is -0.483 e. The van der Waals surface area contributed by atoms with Gasteiger partial charge in [0.15, 0.2) is 12.4 Å².